The molecular formula is C17H23FN4O2. The van der Waals surface area contributed by atoms with Crippen molar-refractivity contribution in [2.45, 2.75) is 6.42 Å². The molecule has 1 saturated heterocycles. The average Bonchev–Trinajstić information content (AvgIpc) is 3.02. The molecule has 1 aliphatic rings. The Hall–Kier alpha value is -1.83. The van der Waals surface area contributed by atoms with E-state index >= 15 is 0 Å². The lowest BCUT2D eigenvalue weighted by atomic mass is 9.97. The predicted octanol–water partition coefficient (Wildman–Crippen LogP) is 0.819. The molecule has 0 saturated carbocycles. The summed E-state index contributed by atoms with van der Waals surface area (Å²) in [4.78, 5) is 10.7. The van der Waals surface area contributed by atoms with E-state index in [1.54, 1.807) is 12.1 Å². The normalized spacial score (nSPS) is 21.5. The number of halogens is 1. The first-order valence-corrected chi connectivity index (χ1v) is 8.17. The highest BCUT2D eigenvalue weighted by Gasteiger charge is 2.31. The molecule has 0 aromatic carbocycles. The van der Waals surface area contributed by atoms with Gasteiger partial charge in [-0.05, 0) is 30.9 Å². The number of aromatic nitrogens is 2. The van der Waals surface area contributed by atoms with Gasteiger partial charge in [0.1, 0.15) is 5.82 Å². The monoisotopic (exact) mass is 334 g/mol. The number of fused-ring (bicyclic) bond motifs is 1. The van der Waals surface area contributed by atoms with Crippen LogP contribution in [0.1, 0.15) is 5.56 Å². The highest BCUT2D eigenvalue weighted by atomic mass is 19.1. The summed E-state index contributed by atoms with van der Waals surface area (Å²) in [5, 5.41) is 9.44. The Morgan fingerprint density at radius 2 is 2.17 bits per heavy atom. The molecule has 0 bridgehead atoms. The number of methoxy groups -OCH3 is 1. The molecule has 3 heterocycles. The van der Waals surface area contributed by atoms with Gasteiger partial charge in [-0.15, -0.1) is 0 Å². The average molecular weight is 334 g/mol. The van der Waals surface area contributed by atoms with Crippen LogP contribution in [0.15, 0.2) is 18.3 Å². The Morgan fingerprint density at radius 1 is 1.38 bits per heavy atom. The molecule has 6 nitrogen and oxygen atoms in total. The molecule has 0 radical (unpaired) electrons. The van der Waals surface area contributed by atoms with Crippen LogP contribution in [0.25, 0.3) is 11.0 Å². The van der Waals surface area contributed by atoms with Crippen LogP contribution in [0.2, 0.25) is 0 Å². The second kappa shape index (κ2) is 7.38. The quantitative estimate of drug-likeness (QED) is 0.814. The number of pyridine rings is 2. The zero-order valence-electron chi connectivity index (χ0n) is 13.8. The third-order valence-corrected chi connectivity index (χ3v) is 4.82. The highest BCUT2D eigenvalue weighted by Crippen LogP contribution is 2.25. The van der Waals surface area contributed by atoms with Crippen LogP contribution in [0.4, 0.5) is 4.39 Å². The second-order valence-corrected chi connectivity index (χ2v) is 6.25. The Bertz CT molecular complexity index is 700. The van der Waals surface area contributed by atoms with E-state index < -0.39 is 0 Å². The number of rotatable bonds is 6. The van der Waals surface area contributed by atoms with Crippen LogP contribution in [0.5, 0.6) is 5.88 Å². The van der Waals surface area contributed by atoms with E-state index in [1.807, 2.05) is 0 Å². The van der Waals surface area contributed by atoms with Crippen LogP contribution < -0.4 is 10.5 Å². The van der Waals surface area contributed by atoms with Crippen LogP contribution in [-0.4, -0.2) is 59.9 Å². The van der Waals surface area contributed by atoms with Gasteiger partial charge in [0.2, 0.25) is 5.88 Å². The molecule has 2 atom stereocenters. The fourth-order valence-corrected chi connectivity index (χ4v) is 3.39. The maximum absolute atomic E-state index is 14.3. The van der Waals surface area contributed by atoms with E-state index in [0.29, 0.717) is 47.9 Å². The molecule has 2 unspecified atom stereocenters. The number of nitrogens with zero attached hydrogens (tertiary/aromatic N) is 3. The van der Waals surface area contributed by atoms with Crippen molar-refractivity contribution in [1.82, 2.24) is 14.9 Å². The molecule has 3 rings (SSSR count). The van der Waals surface area contributed by atoms with E-state index in [0.717, 1.165) is 13.1 Å². The van der Waals surface area contributed by atoms with Crippen molar-refractivity contribution in [3.05, 3.63) is 29.7 Å². The Kier molecular flexibility index (Phi) is 5.23. The van der Waals surface area contributed by atoms with Gasteiger partial charge in [-0.25, -0.2) is 9.37 Å². The van der Waals surface area contributed by atoms with Gasteiger partial charge >= 0.3 is 0 Å². The van der Waals surface area contributed by atoms with E-state index in [2.05, 4.69) is 14.9 Å². The topological polar surface area (TPSA) is 84.5 Å². The van der Waals surface area contributed by atoms with Gasteiger partial charge in [-0.3, -0.25) is 4.98 Å². The number of hydrogen-bond donors (Lipinski definition) is 2. The van der Waals surface area contributed by atoms with E-state index in [1.165, 1.54) is 13.3 Å². The Balaban J connectivity index is 1.79. The molecular weight excluding hydrogens is 311 g/mol. The zero-order chi connectivity index (χ0) is 17.1. The molecule has 1 aliphatic heterocycles. The highest BCUT2D eigenvalue weighted by molar-refractivity contribution is 5.78. The lowest BCUT2D eigenvalue weighted by Gasteiger charge is -2.16. The first-order chi connectivity index (χ1) is 11.7. The van der Waals surface area contributed by atoms with Gasteiger partial charge in [-0.1, -0.05) is 0 Å². The summed E-state index contributed by atoms with van der Waals surface area (Å²) < 4.78 is 19.4. The van der Waals surface area contributed by atoms with Crippen LogP contribution in [0.3, 0.4) is 0 Å². The maximum Gasteiger partial charge on any atom is 0.213 e. The van der Waals surface area contributed by atoms with Crippen molar-refractivity contribution in [2.75, 3.05) is 39.9 Å². The molecule has 2 aromatic rings. The number of aliphatic hydroxyl groups excluding tert-OH is 1. The van der Waals surface area contributed by atoms with Crippen molar-refractivity contribution in [3.8, 4) is 5.88 Å². The molecule has 7 heteroatoms. The standard InChI is InChI=1S/C17H23FN4O2/c1-24-16-3-2-15-17(21-16)13(14(18)7-20-15)4-5-22-8-11(6-19)12(9-22)10-23/h2-3,7,11-12,23H,4-6,8-10,19H2,1H3. The SMILES string of the molecule is COc1ccc2ncc(F)c(CCN3CC(CN)C(CO)C3)c2n1. The molecule has 2 aromatic heterocycles. The van der Waals surface area contributed by atoms with Gasteiger partial charge < -0.3 is 20.5 Å². The van der Waals surface area contributed by atoms with Crippen molar-refractivity contribution < 1.29 is 14.2 Å². The summed E-state index contributed by atoms with van der Waals surface area (Å²) in [6.45, 7) is 3.03. The summed E-state index contributed by atoms with van der Waals surface area (Å²) in [6.07, 6.45) is 1.77. The fourth-order valence-electron chi connectivity index (χ4n) is 3.39. The van der Waals surface area contributed by atoms with Crippen LogP contribution >= 0.6 is 0 Å². The Morgan fingerprint density at radius 3 is 2.83 bits per heavy atom. The number of nitrogens with two attached hydrogens (primary N) is 1. The Labute approximate surface area is 140 Å². The largest absolute Gasteiger partial charge is 0.481 e. The summed E-state index contributed by atoms with van der Waals surface area (Å²) in [7, 11) is 1.53. The minimum atomic E-state index is -0.350. The molecule has 0 amide bonds. The molecule has 0 aliphatic carbocycles. The van der Waals surface area contributed by atoms with Gasteiger partial charge in [0.05, 0.1) is 24.3 Å². The summed E-state index contributed by atoms with van der Waals surface area (Å²) in [5.74, 6) is 0.594. The van der Waals surface area contributed by atoms with Crippen molar-refractivity contribution >= 4 is 11.0 Å². The lowest BCUT2D eigenvalue weighted by Crippen LogP contribution is -2.25. The molecule has 3 N–H and O–H groups in total. The lowest BCUT2D eigenvalue weighted by molar-refractivity contribution is 0.202. The maximum atomic E-state index is 14.3. The number of ether oxygens (including phenoxy) is 1. The minimum absolute atomic E-state index is 0.143. The first-order valence-electron chi connectivity index (χ1n) is 8.17. The van der Waals surface area contributed by atoms with Gasteiger partial charge in [0.25, 0.3) is 0 Å². The van der Waals surface area contributed by atoms with E-state index in [4.69, 9.17) is 10.5 Å². The molecule has 1 fully saturated rings. The van der Waals surface area contributed by atoms with Crippen LogP contribution in [0, 0.1) is 17.7 Å². The number of likely N-dealkylation sites (tertiary alicyclic amines) is 1. The van der Waals surface area contributed by atoms with Crippen LogP contribution in [-0.2, 0) is 6.42 Å². The minimum Gasteiger partial charge on any atom is -0.481 e. The predicted molar refractivity (Wildman–Crippen MR) is 89.3 cm³/mol. The van der Waals surface area contributed by atoms with Crippen molar-refractivity contribution in [2.24, 2.45) is 17.6 Å². The first kappa shape index (κ1) is 17.0. The zero-order valence-corrected chi connectivity index (χ0v) is 13.8. The number of hydrogen-bond acceptors (Lipinski definition) is 6. The third kappa shape index (κ3) is 3.33. The smallest absolute Gasteiger partial charge is 0.213 e. The molecule has 130 valence electrons. The fraction of sp³-hybridized carbons (Fsp3) is 0.529. The summed E-state index contributed by atoms with van der Waals surface area (Å²) >= 11 is 0. The summed E-state index contributed by atoms with van der Waals surface area (Å²) in [6, 6.07) is 3.50. The van der Waals surface area contributed by atoms with Gasteiger partial charge in [0.15, 0.2) is 0 Å². The van der Waals surface area contributed by atoms with Crippen molar-refractivity contribution in [1.29, 1.82) is 0 Å². The summed E-state index contributed by atoms with van der Waals surface area (Å²) in [5.41, 5.74) is 7.52. The second-order valence-electron chi connectivity index (χ2n) is 6.25. The van der Waals surface area contributed by atoms with E-state index in [-0.39, 0.29) is 18.3 Å². The van der Waals surface area contributed by atoms with Gasteiger partial charge in [-0.2, -0.15) is 0 Å². The third-order valence-electron chi connectivity index (χ3n) is 4.82. The molecule has 24 heavy (non-hydrogen) atoms. The number of aliphatic hydroxyl groups is 1. The van der Waals surface area contributed by atoms with E-state index in [9.17, 15) is 9.50 Å². The molecule has 0 spiro atoms. The van der Waals surface area contributed by atoms with Gasteiger partial charge in [0, 0.05) is 37.9 Å². The van der Waals surface area contributed by atoms with Crippen molar-refractivity contribution in [3.63, 3.8) is 0 Å².